The number of benzene rings is 1. The third-order valence-electron chi connectivity index (χ3n) is 3.04. The van der Waals surface area contributed by atoms with Crippen molar-refractivity contribution in [2.45, 2.75) is 13.0 Å². The lowest BCUT2D eigenvalue weighted by Gasteiger charge is -2.15. The fraction of sp³-hybridized carbons (Fsp3) is 0.400. The molecule has 0 saturated carbocycles. The van der Waals surface area contributed by atoms with E-state index in [0.717, 1.165) is 30.9 Å². The van der Waals surface area contributed by atoms with E-state index in [9.17, 15) is 0 Å². The first-order valence-electron chi connectivity index (χ1n) is 6.78. The van der Waals surface area contributed by atoms with E-state index in [1.54, 1.807) is 0 Å². The summed E-state index contributed by atoms with van der Waals surface area (Å²) in [5.74, 6) is 0.870. The Morgan fingerprint density at radius 2 is 2.05 bits per heavy atom. The molecule has 2 aromatic rings. The minimum Gasteiger partial charge on any atom is -0.494 e. The van der Waals surface area contributed by atoms with Gasteiger partial charge in [-0.05, 0) is 37.7 Å². The molecule has 108 valence electrons. The fourth-order valence-corrected chi connectivity index (χ4v) is 2.03. The molecule has 0 fully saturated rings. The molecule has 1 aromatic carbocycles. The molecule has 5 heteroatoms. The normalized spacial score (nSPS) is 10.9. The van der Waals surface area contributed by atoms with Crippen molar-refractivity contribution >= 4 is 5.69 Å². The summed E-state index contributed by atoms with van der Waals surface area (Å²) in [7, 11) is 4.04. The fourth-order valence-electron chi connectivity index (χ4n) is 2.03. The average molecular weight is 274 g/mol. The number of nitrogens with zero attached hydrogens (tertiary/aromatic N) is 3. The second-order valence-corrected chi connectivity index (χ2v) is 5.03. The van der Waals surface area contributed by atoms with Crippen molar-refractivity contribution < 1.29 is 4.74 Å². The van der Waals surface area contributed by atoms with Crippen LogP contribution in [0.4, 0.5) is 5.69 Å². The van der Waals surface area contributed by atoms with E-state index in [2.05, 4.69) is 17.0 Å². The number of nitrogen functional groups attached to an aromatic ring is 1. The Morgan fingerprint density at radius 1 is 1.30 bits per heavy atom. The van der Waals surface area contributed by atoms with Crippen molar-refractivity contribution in [2.24, 2.45) is 7.05 Å². The van der Waals surface area contributed by atoms with Gasteiger partial charge in [0.25, 0.3) is 0 Å². The Kier molecular flexibility index (Phi) is 5.01. The predicted molar refractivity (Wildman–Crippen MR) is 80.5 cm³/mol. The molecular weight excluding hydrogens is 252 g/mol. The van der Waals surface area contributed by atoms with Gasteiger partial charge in [0, 0.05) is 37.6 Å². The summed E-state index contributed by atoms with van der Waals surface area (Å²) >= 11 is 0. The number of anilines is 1. The molecule has 2 rings (SSSR count). The Labute approximate surface area is 119 Å². The topological polar surface area (TPSA) is 56.3 Å². The first kappa shape index (κ1) is 14.4. The van der Waals surface area contributed by atoms with E-state index in [1.807, 2.05) is 48.4 Å². The zero-order valence-electron chi connectivity index (χ0n) is 12.1. The number of nitrogens with two attached hydrogens (primary N) is 1. The summed E-state index contributed by atoms with van der Waals surface area (Å²) in [6.45, 7) is 2.61. The van der Waals surface area contributed by atoms with Crippen molar-refractivity contribution in [3.63, 3.8) is 0 Å². The van der Waals surface area contributed by atoms with Crippen molar-refractivity contribution in [3.8, 4) is 5.75 Å². The van der Waals surface area contributed by atoms with E-state index < -0.39 is 0 Å². The quantitative estimate of drug-likeness (QED) is 0.619. The molecule has 0 saturated heterocycles. The lowest BCUT2D eigenvalue weighted by Crippen LogP contribution is -2.20. The van der Waals surface area contributed by atoms with Crippen LogP contribution in [0.2, 0.25) is 0 Å². The van der Waals surface area contributed by atoms with Gasteiger partial charge in [0.1, 0.15) is 5.75 Å². The number of ether oxygens (including phenoxy) is 1. The number of rotatable bonds is 7. The minimum atomic E-state index is 0.710. The molecular formula is C15H22N4O. The van der Waals surface area contributed by atoms with Crippen LogP contribution in [0.5, 0.6) is 5.75 Å². The molecule has 0 amide bonds. The van der Waals surface area contributed by atoms with Gasteiger partial charge in [-0.2, -0.15) is 5.10 Å². The van der Waals surface area contributed by atoms with Gasteiger partial charge in [-0.25, -0.2) is 0 Å². The maximum atomic E-state index is 5.67. The SMILES string of the molecule is CN(CCCOc1ccc(N)cc1)Cc1cnn(C)c1. The second-order valence-electron chi connectivity index (χ2n) is 5.03. The maximum Gasteiger partial charge on any atom is 0.119 e. The summed E-state index contributed by atoms with van der Waals surface area (Å²) in [5, 5.41) is 4.17. The molecule has 0 aliphatic carbocycles. The van der Waals surface area contributed by atoms with Gasteiger partial charge in [0.2, 0.25) is 0 Å². The van der Waals surface area contributed by atoms with Crippen LogP contribution in [0, 0.1) is 0 Å². The van der Waals surface area contributed by atoms with Crippen LogP contribution >= 0.6 is 0 Å². The van der Waals surface area contributed by atoms with Gasteiger partial charge in [-0.15, -0.1) is 0 Å². The summed E-state index contributed by atoms with van der Waals surface area (Å²) in [6, 6.07) is 7.50. The summed E-state index contributed by atoms with van der Waals surface area (Å²) in [6.07, 6.45) is 4.93. The van der Waals surface area contributed by atoms with Gasteiger partial charge < -0.3 is 15.4 Å². The van der Waals surface area contributed by atoms with Crippen LogP contribution in [0.25, 0.3) is 0 Å². The second kappa shape index (κ2) is 6.96. The Bertz CT molecular complexity index is 521. The lowest BCUT2D eigenvalue weighted by atomic mass is 10.3. The molecule has 1 heterocycles. The highest BCUT2D eigenvalue weighted by Crippen LogP contribution is 2.13. The van der Waals surface area contributed by atoms with Gasteiger partial charge in [0.15, 0.2) is 0 Å². The van der Waals surface area contributed by atoms with E-state index in [1.165, 1.54) is 5.56 Å². The van der Waals surface area contributed by atoms with E-state index in [-0.39, 0.29) is 0 Å². The Hall–Kier alpha value is -2.01. The molecule has 1 aromatic heterocycles. The van der Waals surface area contributed by atoms with Gasteiger partial charge in [-0.1, -0.05) is 0 Å². The highest BCUT2D eigenvalue weighted by Gasteiger charge is 2.02. The van der Waals surface area contributed by atoms with Crippen molar-refractivity contribution in [1.82, 2.24) is 14.7 Å². The zero-order chi connectivity index (χ0) is 14.4. The highest BCUT2D eigenvalue weighted by atomic mass is 16.5. The third kappa shape index (κ3) is 4.59. The first-order valence-corrected chi connectivity index (χ1v) is 6.78. The van der Waals surface area contributed by atoms with Crippen LogP contribution in [0.1, 0.15) is 12.0 Å². The minimum absolute atomic E-state index is 0.710. The molecule has 0 radical (unpaired) electrons. The van der Waals surface area contributed by atoms with Crippen LogP contribution in [-0.4, -0.2) is 34.9 Å². The molecule has 0 bridgehead atoms. The van der Waals surface area contributed by atoms with Crippen LogP contribution in [-0.2, 0) is 13.6 Å². The molecule has 20 heavy (non-hydrogen) atoms. The lowest BCUT2D eigenvalue weighted by molar-refractivity contribution is 0.259. The zero-order valence-corrected chi connectivity index (χ0v) is 12.1. The Balaban J connectivity index is 1.64. The van der Waals surface area contributed by atoms with Gasteiger partial charge in [0.05, 0.1) is 12.8 Å². The molecule has 0 atom stereocenters. The van der Waals surface area contributed by atoms with E-state index in [0.29, 0.717) is 6.61 Å². The van der Waals surface area contributed by atoms with E-state index >= 15 is 0 Å². The maximum absolute atomic E-state index is 5.67. The van der Waals surface area contributed by atoms with Crippen molar-refractivity contribution in [2.75, 3.05) is 25.9 Å². The molecule has 5 nitrogen and oxygen atoms in total. The molecule has 0 aliphatic heterocycles. The third-order valence-corrected chi connectivity index (χ3v) is 3.04. The summed E-state index contributed by atoms with van der Waals surface area (Å²) < 4.78 is 7.49. The number of aromatic nitrogens is 2. The van der Waals surface area contributed by atoms with Crippen molar-refractivity contribution in [1.29, 1.82) is 0 Å². The summed E-state index contributed by atoms with van der Waals surface area (Å²) in [4.78, 5) is 2.27. The Morgan fingerprint density at radius 3 is 2.70 bits per heavy atom. The molecule has 2 N–H and O–H groups in total. The van der Waals surface area contributed by atoms with Crippen molar-refractivity contribution in [3.05, 3.63) is 42.2 Å². The largest absolute Gasteiger partial charge is 0.494 e. The number of aryl methyl sites for hydroxylation is 1. The average Bonchev–Trinajstić information content (AvgIpc) is 2.82. The number of hydrogen-bond acceptors (Lipinski definition) is 4. The predicted octanol–water partition coefficient (Wildman–Crippen LogP) is 1.90. The van der Waals surface area contributed by atoms with E-state index in [4.69, 9.17) is 10.5 Å². The van der Waals surface area contributed by atoms with Gasteiger partial charge >= 0.3 is 0 Å². The molecule has 0 spiro atoms. The molecule has 0 aliphatic rings. The summed E-state index contributed by atoms with van der Waals surface area (Å²) in [5.41, 5.74) is 7.62. The number of hydrogen-bond donors (Lipinski definition) is 1. The highest BCUT2D eigenvalue weighted by molar-refractivity contribution is 5.41. The van der Waals surface area contributed by atoms with Crippen LogP contribution < -0.4 is 10.5 Å². The first-order chi connectivity index (χ1) is 9.63. The smallest absolute Gasteiger partial charge is 0.119 e. The monoisotopic (exact) mass is 274 g/mol. The van der Waals surface area contributed by atoms with Crippen LogP contribution in [0.3, 0.4) is 0 Å². The standard InChI is InChI=1S/C15H22N4O/c1-18(11-13-10-17-19(2)12-13)8-3-9-20-15-6-4-14(16)5-7-15/h4-7,10,12H,3,8-9,11,16H2,1-2H3. The van der Waals surface area contributed by atoms with Gasteiger partial charge in [-0.3, -0.25) is 4.68 Å². The van der Waals surface area contributed by atoms with Crippen LogP contribution in [0.15, 0.2) is 36.7 Å². The molecule has 0 unspecified atom stereocenters.